The van der Waals surface area contributed by atoms with Crippen molar-refractivity contribution in [1.29, 1.82) is 0 Å². The fourth-order valence-corrected chi connectivity index (χ4v) is 4.85. The molecule has 0 unspecified atom stereocenters. The van der Waals surface area contributed by atoms with Gasteiger partial charge in [0.05, 0.1) is 16.5 Å². The van der Waals surface area contributed by atoms with Crippen LogP contribution in [-0.4, -0.2) is 42.5 Å². The summed E-state index contributed by atoms with van der Waals surface area (Å²) < 4.78 is 18.5. The molecule has 0 aromatic heterocycles. The second kappa shape index (κ2) is 11.2. The predicted molar refractivity (Wildman–Crippen MR) is 138 cm³/mol. The van der Waals surface area contributed by atoms with E-state index in [-0.39, 0.29) is 5.91 Å². The van der Waals surface area contributed by atoms with E-state index in [1.165, 1.54) is 22.2 Å². The quantitative estimate of drug-likeness (QED) is 0.214. The normalized spacial score (nSPS) is 15.9. The highest BCUT2D eigenvalue weighted by Gasteiger charge is 2.28. The summed E-state index contributed by atoms with van der Waals surface area (Å²) in [6.07, 6.45) is 2.91. The molecule has 0 radical (unpaired) electrons. The van der Waals surface area contributed by atoms with Crippen LogP contribution >= 0.6 is 39.9 Å². The molecule has 0 bridgehead atoms. The van der Waals surface area contributed by atoms with Crippen LogP contribution in [0.3, 0.4) is 0 Å². The third-order valence-corrected chi connectivity index (χ3v) is 7.27. The smallest absolute Gasteiger partial charge is 0.265 e. The third kappa shape index (κ3) is 5.85. The van der Waals surface area contributed by atoms with E-state index in [4.69, 9.17) is 26.4 Å². The van der Waals surface area contributed by atoms with Crippen molar-refractivity contribution in [3.05, 3.63) is 56.9 Å². The van der Waals surface area contributed by atoms with Gasteiger partial charge in [0, 0.05) is 7.05 Å². The number of likely N-dealkylation sites (N-methyl/N-ethyl adjacent to an activating group) is 1. The second-order valence-corrected chi connectivity index (χ2v) is 9.88. The van der Waals surface area contributed by atoms with Gasteiger partial charge in [0.25, 0.3) is 5.91 Å². The molecule has 2 aromatic carbocycles. The Labute approximate surface area is 207 Å². The van der Waals surface area contributed by atoms with Crippen molar-refractivity contribution in [3.8, 4) is 17.2 Å². The van der Waals surface area contributed by atoms with Crippen LogP contribution in [0.25, 0.3) is 6.08 Å². The molecule has 1 aliphatic rings. The van der Waals surface area contributed by atoms with Crippen molar-refractivity contribution in [1.82, 2.24) is 4.90 Å². The average Bonchev–Trinajstić information content (AvgIpc) is 3.03. The maximum absolute atomic E-state index is 12.3. The fourth-order valence-electron chi connectivity index (χ4n) is 3.09. The number of rotatable bonds is 9. The zero-order valence-electron chi connectivity index (χ0n) is 18.5. The Morgan fingerprint density at radius 1 is 1.19 bits per heavy atom. The summed E-state index contributed by atoms with van der Waals surface area (Å²) in [6.45, 7) is 5.16. The molecule has 0 spiro atoms. The van der Waals surface area contributed by atoms with E-state index >= 15 is 0 Å². The largest absolute Gasteiger partial charge is 0.493 e. The number of methoxy groups -OCH3 is 1. The molecular weight excluding hydrogens is 510 g/mol. The summed E-state index contributed by atoms with van der Waals surface area (Å²) in [4.78, 5) is 14.3. The molecule has 1 amide bonds. The number of nitrogens with zero attached hydrogens (tertiary/aromatic N) is 1. The van der Waals surface area contributed by atoms with Crippen LogP contribution in [0.2, 0.25) is 0 Å². The summed E-state index contributed by atoms with van der Waals surface area (Å²) in [5, 5.41) is 0. The molecule has 1 atom stereocenters. The highest BCUT2D eigenvalue weighted by Crippen LogP contribution is 2.39. The van der Waals surface area contributed by atoms with E-state index in [0.717, 1.165) is 22.2 Å². The van der Waals surface area contributed by atoms with E-state index < -0.39 is 0 Å². The van der Waals surface area contributed by atoms with Gasteiger partial charge in [0.15, 0.2) is 11.5 Å². The topological polar surface area (TPSA) is 48.0 Å². The van der Waals surface area contributed by atoms with Crippen molar-refractivity contribution in [2.24, 2.45) is 0 Å². The first-order valence-corrected chi connectivity index (χ1v) is 12.3. The number of thiocarbonyl (C=S) groups is 1. The molecule has 0 saturated carbocycles. The molecule has 5 nitrogen and oxygen atoms in total. The lowest BCUT2D eigenvalue weighted by atomic mass is 9.99. The van der Waals surface area contributed by atoms with Gasteiger partial charge in [-0.15, -0.1) is 0 Å². The molecule has 1 aliphatic heterocycles. The minimum atomic E-state index is -0.107. The zero-order valence-corrected chi connectivity index (χ0v) is 21.7. The number of thioether (sulfide) groups is 1. The van der Waals surface area contributed by atoms with Crippen LogP contribution in [0.1, 0.15) is 37.3 Å². The second-order valence-electron chi connectivity index (χ2n) is 7.35. The Balaban J connectivity index is 1.62. The summed E-state index contributed by atoms with van der Waals surface area (Å²) in [6, 6.07) is 11.9. The zero-order chi connectivity index (χ0) is 23.3. The number of halogens is 1. The summed E-state index contributed by atoms with van der Waals surface area (Å²) in [5.41, 5.74) is 2.12. The number of ether oxygens (including phenoxy) is 3. The van der Waals surface area contributed by atoms with Gasteiger partial charge in [-0.25, -0.2) is 0 Å². The van der Waals surface area contributed by atoms with Gasteiger partial charge < -0.3 is 14.2 Å². The Morgan fingerprint density at radius 2 is 1.88 bits per heavy atom. The van der Waals surface area contributed by atoms with E-state index in [2.05, 4.69) is 41.9 Å². The molecule has 3 rings (SSSR count). The summed E-state index contributed by atoms with van der Waals surface area (Å²) >= 11 is 10.0. The van der Waals surface area contributed by atoms with Crippen LogP contribution in [0.5, 0.6) is 17.2 Å². The van der Waals surface area contributed by atoms with Crippen molar-refractivity contribution in [2.45, 2.75) is 26.2 Å². The van der Waals surface area contributed by atoms with Gasteiger partial charge in [-0.2, -0.15) is 0 Å². The Kier molecular flexibility index (Phi) is 8.62. The van der Waals surface area contributed by atoms with Crippen LogP contribution in [0.15, 0.2) is 45.8 Å². The van der Waals surface area contributed by atoms with Crippen LogP contribution in [0, 0.1) is 0 Å². The molecule has 1 fully saturated rings. The highest BCUT2D eigenvalue weighted by atomic mass is 79.9. The first kappa shape index (κ1) is 24.6. The molecule has 1 saturated heterocycles. The summed E-state index contributed by atoms with van der Waals surface area (Å²) in [5.74, 6) is 2.40. The SMILES string of the molecule is CC[C@@H](C)c1ccc(OCCOc2c(Br)cc(/C=C3\SC(=S)N(C)C3=O)cc2OC)cc1. The fraction of sp³-hybridized carbons (Fsp3) is 0.333. The van der Waals surface area contributed by atoms with Crippen molar-refractivity contribution < 1.29 is 19.0 Å². The number of carbonyl (C=O) groups is 1. The Morgan fingerprint density at radius 3 is 2.47 bits per heavy atom. The number of benzene rings is 2. The van der Waals surface area contributed by atoms with Gasteiger partial charge in [0.2, 0.25) is 0 Å². The lowest BCUT2D eigenvalue weighted by Gasteiger charge is -2.14. The standard InChI is InChI=1S/C24H26BrNO4S2/c1-5-15(2)17-6-8-18(9-7-17)29-10-11-30-22-19(25)12-16(13-20(22)28-4)14-21-23(27)26(3)24(31)32-21/h6-9,12-15H,5,10-11H2,1-4H3/b21-14-/t15-/m1/s1. The maximum atomic E-state index is 12.3. The van der Waals surface area contributed by atoms with Gasteiger partial charge in [-0.3, -0.25) is 9.69 Å². The highest BCUT2D eigenvalue weighted by molar-refractivity contribution is 9.10. The van der Waals surface area contributed by atoms with E-state index in [1.54, 1.807) is 20.2 Å². The van der Waals surface area contributed by atoms with Gasteiger partial charge in [0.1, 0.15) is 23.3 Å². The average molecular weight is 537 g/mol. The van der Waals surface area contributed by atoms with Crippen LogP contribution < -0.4 is 14.2 Å². The molecule has 32 heavy (non-hydrogen) atoms. The first-order chi connectivity index (χ1) is 15.3. The molecule has 0 aliphatic carbocycles. The van der Waals surface area contributed by atoms with Crippen molar-refractivity contribution in [3.63, 3.8) is 0 Å². The predicted octanol–water partition coefficient (Wildman–Crippen LogP) is 6.26. The molecule has 1 heterocycles. The molecule has 2 aromatic rings. The minimum absolute atomic E-state index is 0.107. The third-order valence-electron chi connectivity index (χ3n) is 5.20. The Hall–Kier alpha value is -2.03. The van der Waals surface area contributed by atoms with E-state index in [1.807, 2.05) is 24.3 Å². The number of amides is 1. The summed E-state index contributed by atoms with van der Waals surface area (Å²) in [7, 11) is 3.26. The lowest BCUT2D eigenvalue weighted by Crippen LogP contribution is -2.22. The Bertz CT molecular complexity index is 1020. The molecule has 8 heteroatoms. The van der Waals surface area contributed by atoms with Crippen molar-refractivity contribution in [2.75, 3.05) is 27.4 Å². The minimum Gasteiger partial charge on any atom is -0.493 e. The van der Waals surface area contributed by atoms with Gasteiger partial charge in [-0.05, 0) is 69.7 Å². The van der Waals surface area contributed by atoms with Crippen LogP contribution in [-0.2, 0) is 4.79 Å². The van der Waals surface area contributed by atoms with Gasteiger partial charge >= 0.3 is 0 Å². The number of hydrogen-bond donors (Lipinski definition) is 0. The van der Waals surface area contributed by atoms with Crippen LogP contribution in [0.4, 0.5) is 0 Å². The lowest BCUT2D eigenvalue weighted by molar-refractivity contribution is -0.121. The monoisotopic (exact) mass is 535 g/mol. The number of carbonyl (C=O) groups excluding carboxylic acids is 1. The molecular formula is C24H26BrNO4S2. The first-order valence-electron chi connectivity index (χ1n) is 10.3. The molecule has 170 valence electrons. The number of hydrogen-bond acceptors (Lipinski definition) is 6. The molecule has 0 N–H and O–H groups in total. The van der Waals surface area contributed by atoms with Gasteiger partial charge in [-0.1, -0.05) is 50.0 Å². The maximum Gasteiger partial charge on any atom is 0.265 e. The van der Waals surface area contributed by atoms with Crippen molar-refractivity contribution >= 4 is 56.2 Å². The van der Waals surface area contributed by atoms with E-state index in [0.29, 0.717) is 39.9 Å². The van der Waals surface area contributed by atoms with E-state index in [9.17, 15) is 4.79 Å².